The van der Waals surface area contributed by atoms with Gasteiger partial charge in [-0.15, -0.1) is 0 Å². The minimum Gasteiger partial charge on any atom is -0.478 e. The Morgan fingerprint density at radius 3 is 2.10 bits per heavy atom. The van der Waals surface area contributed by atoms with Gasteiger partial charge in [0.1, 0.15) is 6.61 Å². The van der Waals surface area contributed by atoms with Crippen molar-refractivity contribution in [1.82, 2.24) is 4.90 Å². The highest BCUT2D eigenvalue weighted by molar-refractivity contribution is 5.89. The van der Waals surface area contributed by atoms with E-state index in [-0.39, 0.29) is 12.2 Å². The first kappa shape index (κ1) is 21.3. The molecule has 0 aliphatic rings. The summed E-state index contributed by atoms with van der Waals surface area (Å²) in [5.41, 5.74) is 2.81. The minimum absolute atomic E-state index is 0.149. The molecule has 0 unspecified atom stereocenters. The first-order valence-corrected chi connectivity index (χ1v) is 9.99. The molecule has 30 heavy (non-hydrogen) atoms. The van der Waals surface area contributed by atoms with Gasteiger partial charge in [-0.1, -0.05) is 38.1 Å². The molecule has 0 aliphatic carbocycles. The third-order valence-corrected chi connectivity index (χ3v) is 5.02. The van der Waals surface area contributed by atoms with Crippen LogP contribution in [-0.4, -0.2) is 35.2 Å². The Morgan fingerprint density at radius 1 is 0.900 bits per heavy atom. The second-order valence-electron chi connectivity index (χ2n) is 7.06. The summed E-state index contributed by atoms with van der Waals surface area (Å²) in [5, 5.41) is 13.8. The van der Waals surface area contributed by atoms with E-state index in [2.05, 4.69) is 42.3 Å². The largest absolute Gasteiger partial charge is 0.478 e. The maximum atomic E-state index is 12.0. The van der Waals surface area contributed by atoms with Crippen molar-refractivity contribution < 1.29 is 19.4 Å². The van der Waals surface area contributed by atoms with Crippen LogP contribution in [0.5, 0.6) is 0 Å². The lowest BCUT2D eigenvalue weighted by Crippen LogP contribution is -2.21. The molecular weight excluding hydrogens is 380 g/mol. The molecular formula is C24H26N2O4. The van der Waals surface area contributed by atoms with Crippen LogP contribution in [0, 0.1) is 0 Å². The van der Waals surface area contributed by atoms with E-state index >= 15 is 0 Å². The van der Waals surface area contributed by atoms with E-state index in [0.29, 0.717) is 5.69 Å². The van der Waals surface area contributed by atoms with Crippen molar-refractivity contribution in [2.75, 3.05) is 18.4 Å². The van der Waals surface area contributed by atoms with Crippen molar-refractivity contribution >= 4 is 28.5 Å². The molecule has 0 atom stereocenters. The van der Waals surface area contributed by atoms with Crippen LogP contribution < -0.4 is 5.32 Å². The number of nitrogens with one attached hydrogen (secondary N) is 1. The van der Waals surface area contributed by atoms with Crippen LogP contribution >= 0.6 is 0 Å². The van der Waals surface area contributed by atoms with Gasteiger partial charge in [0, 0.05) is 12.2 Å². The zero-order valence-electron chi connectivity index (χ0n) is 17.2. The Labute approximate surface area is 176 Å². The SMILES string of the molecule is CCN(CC)Cc1ccc2cc(COC(=O)Nc3ccc(C(=O)O)cc3)ccc2c1. The fourth-order valence-electron chi connectivity index (χ4n) is 3.24. The second-order valence-corrected chi connectivity index (χ2v) is 7.06. The quantitative estimate of drug-likeness (QED) is 0.542. The predicted molar refractivity (Wildman–Crippen MR) is 118 cm³/mol. The van der Waals surface area contributed by atoms with E-state index < -0.39 is 12.1 Å². The first-order valence-electron chi connectivity index (χ1n) is 9.99. The third-order valence-electron chi connectivity index (χ3n) is 5.02. The summed E-state index contributed by atoms with van der Waals surface area (Å²) in [6, 6.07) is 18.4. The number of fused-ring (bicyclic) bond motifs is 1. The number of ether oxygens (including phenoxy) is 1. The number of carbonyl (C=O) groups is 2. The Morgan fingerprint density at radius 2 is 1.50 bits per heavy atom. The van der Waals surface area contributed by atoms with E-state index in [1.54, 1.807) is 0 Å². The van der Waals surface area contributed by atoms with E-state index in [1.165, 1.54) is 29.8 Å². The van der Waals surface area contributed by atoms with Crippen molar-refractivity contribution in [2.24, 2.45) is 0 Å². The molecule has 6 nitrogen and oxygen atoms in total. The van der Waals surface area contributed by atoms with E-state index in [0.717, 1.165) is 36.0 Å². The molecule has 3 rings (SSSR count). The van der Waals surface area contributed by atoms with Gasteiger partial charge < -0.3 is 9.84 Å². The maximum Gasteiger partial charge on any atom is 0.411 e. The Balaban J connectivity index is 1.58. The van der Waals surface area contributed by atoms with E-state index in [1.807, 2.05) is 18.2 Å². The topological polar surface area (TPSA) is 78.9 Å². The van der Waals surface area contributed by atoms with E-state index in [4.69, 9.17) is 9.84 Å². The number of hydrogen-bond donors (Lipinski definition) is 2. The second kappa shape index (κ2) is 9.89. The van der Waals surface area contributed by atoms with Gasteiger partial charge in [-0.3, -0.25) is 10.2 Å². The fraction of sp³-hybridized carbons (Fsp3) is 0.250. The normalized spacial score (nSPS) is 10.9. The van der Waals surface area contributed by atoms with Crippen LogP contribution in [0.4, 0.5) is 10.5 Å². The molecule has 0 radical (unpaired) electrons. The number of carbonyl (C=O) groups excluding carboxylic acids is 1. The van der Waals surface area contributed by atoms with Crippen LogP contribution in [0.3, 0.4) is 0 Å². The Hall–Kier alpha value is -3.38. The predicted octanol–water partition coefficient (Wildman–Crippen LogP) is 5.13. The molecule has 0 fully saturated rings. The lowest BCUT2D eigenvalue weighted by molar-refractivity contribution is 0.0697. The summed E-state index contributed by atoms with van der Waals surface area (Å²) in [5.74, 6) is -1.01. The molecule has 0 aliphatic heterocycles. The molecule has 0 saturated carbocycles. The van der Waals surface area contributed by atoms with Crippen LogP contribution in [0.25, 0.3) is 10.8 Å². The third kappa shape index (κ3) is 5.58. The van der Waals surface area contributed by atoms with Gasteiger partial charge >= 0.3 is 12.1 Å². The molecule has 0 spiro atoms. The fourth-order valence-corrected chi connectivity index (χ4v) is 3.24. The average molecular weight is 406 g/mol. The number of benzene rings is 3. The maximum absolute atomic E-state index is 12.0. The van der Waals surface area contributed by atoms with Gasteiger partial charge in [0.2, 0.25) is 0 Å². The summed E-state index contributed by atoms with van der Waals surface area (Å²) in [4.78, 5) is 25.3. The number of hydrogen-bond acceptors (Lipinski definition) is 4. The summed E-state index contributed by atoms with van der Waals surface area (Å²) in [6.45, 7) is 7.46. The van der Waals surface area contributed by atoms with Crippen molar-refractivity contribution in [2.45, 2.75) is 27.0 Å². The van der Waals surface area contributed by atoms with Crippen molar-refractivity contribution in [3.63, 3.8) is 0 Å². The number of carboxylic acids is 1. The molecule has 3 aromatic rings. The minimum atomic E-state index is -1.01. The molecule has 0 heterocycles. The van der Waals surface area contributed by atoms with Gasteiger partial charge in [0.05, 0.1) is 5.56 Å². The summed E-state index contributed by atoms with van der Waals surface area (Å²) >= 11 is 0. The highest BCUT2D eigenvalue weighted by atomic mass is 16.5. The van der Waals surface area contributed by atoms with Crippen LogP contribution in [0.2, 0.25) is 0 Å². The van der Waals surface area contributed by atoms with Gasteiger partial charge in [0.15, 0.2) is 0 Å². The molecule has 3 aromatic carbocycles. The zero-order chi connectivity index (χ0) is 21.5. The molecule has 0 aromatic heterocycles. The summed E-state index contributed by atoms with van der Waals surface area (Å²) in [7, 11) is 0. The number of carboxylic acid groups (broad SMARTS) is 1. The number of aromatic carboxylic acids is 1. The Bertz CT molecular complexity index is 1030. The summed E-state index contributed by atoms with van der Waals surface area (Å²) < 4.78 is 5.29. The van der Waals surface area contributed by atoms with Crippen LogP contribution in [0.1, 0.15) is 35.3 Å². The highest BCUT2D eigenvalue weighted by Crippen LogP contribution is 2.20. The lowest BCUT2D eigenvalue weighted by Gasteiger charge is -2.18. The number of anilines is 1. The number of nitrogens with zero attached hydrogens (tertiary/aromatic N) is 1. The smallest absolute Gasteiger partial charge is 0.411 e. The monoisotopic (exact) mass is 406 g/mol. The molecule has 156 valence electrons. The molecule has 1 amide bonds. The van der Waals surface area contributed by atoms with Gasteiger partial charge in [-0.25, -0.2) is 9.59 Å². The Kier molecular flexibility index (Phi) is 7.03. The van der Waals surface area contributed by atoms with Crippen molar-refractivity contribution in [3.05, 3.63) is 77.4 Å². The standard InChI is InChI=1S/C24H26N2O4/c1-3-26(4-2)15-17-5-7-21-14-18(6-8-20(21)13-17)16-30-24(29)25-22-11-9-19(10-12-22)23(27)28/h5-14H,3-4,15-16H2,1-2H3,(H,25,29)(H,27,28). The van der Waals surface area contributed by atoms with Crippen molar-refractivity contribution in [3.8, 4) is 0 Å². The number of rotatable bonds is 8. The molecule has 0 bridgehead atoms. The van der Waals surface area contributed by atoms with Crippen LogP contribution in [-0.2, 0) is 17.9 Å². The van der Waals surface area contributed by atoms with Crippen LogP contribution in [0.15, 0.2) is 60.7 Å². The van der Waals surface area contributed by atoms with Gasteiger partial charge in [-0.05, 0) is 71.4 Å². The van der Waals surface area contributed by atoms with Crippen molar-refractivity contribution in [1.29, 1.82) is 0 Å². The average Bonchev–Trinajstić information content (AvgIpc) is 2.76. The molecule has 2 N–H and O–H groups in total. The van der Waals surface area contributed by atoms with E-state index in [9.17, 15) is 9.59 Å². The lowest BCUT2D eigenvalue weighted by atomic mass is 10.0. The van der Waals surface area contributed by atoms with Gasteiger partial charge in [-0.2, -0.15) is 0 Å². The van der Waals surface area contributed by atoms with Gasteiger partial charge in [0.25, 0.3) is 0 Å². The highest BCUT2D eigenvalue weighted by Gasteiger charge is 2.07. The molecule has 6 heteroatoms. The zero-order valence-corrected chi connectivity index (χ0v) is 17.2. The first-order chi connectivity index (χ1) is 14.5. The molecule has 0 saturated heterocycles. The summed E-state index contributed by atoms with van der Waals surface area (Å²) in [6.07, 6.45) is -0.590. The number of amides is 1.